The fraction of sp³-hybridized carbons (Fsp3) is 0.143. The van der Waals surface area contributed by atoms with Gasteiger partial charge in [0, 0.05) is 30.2 Å². The van der Waals surface area contributed by atoms with Gasteiger partial charge in [0.15, 0.2) is 5.65 Å². The Balaban J connectivity index is 1.51. The Bertz CT molecular complexity index is 1930. The summed E-state index contributed by atoms with van der Waals surface area (Å²) in [4.78, 5) is 52.4. The molecular weight excluding hydrogens is 539 g/mol. The van der Waals surface area contributed by atoms with E-state index in [9.17, 15) is 27.6 Å². The number of halogens is 3. The number of alkyl halides is 3. The molecule has 0 aliphatic carbocycles. The summed E-state index contributed by atoms with van der Waals surface area (Å²) < 4.78 is 41.4. The Kier molecular flexibility index (Phi) is 6.87. The van der Waals surface area contributed by atoms with Crippen molar-refractivity contribution in [1.29, 1.82) is 0 Å². The number of rotatable bonds is 5. The second-order valence-corrected chi connectivity index (χ2v) is 9.26. The molecule has 0 saturated heterocycles. The zero-order valence-corrected chi connectivity index (χ0v) is 21.9. The maximum Gasteiger partial charge on any atom is 0.416 e. The van der Waals surface area contributed by atoms with E-state index in [1.165, 1.54) is 36.0 Å². The second-order valence-electron chi connectivity index (χ2n) is 9.26. The standard InChI is InChI=1S/C28H22F3N7O3/c1-15-7-9-19(34-24(39)17-5-4-6-18(11-17)28(29,30)31)12-22(15)38-25(40)21-14-33-26(36-23(21)37(3)27(38)41)35-20-10-8-16(2)32-13-20/h4-14H,1-3H3,(H,34,39)(H,33,35,36). The minimum Gasteiger partial charge on any atom is -0.323 e. The van der Waals surface area contributed by atoms with Gasteiger partial charge in [-0.05, 0) is 61.9 Å². The van der Waals surface area contributed by atoms with Gasteiger partial charge in [0.2, 0.25) is 5.95 Å². The van der Waals surface area contributed by atoms with Crippen molar-refractivity contribution in [3.05, 3.63) is 110 Å². The smallest absolute Gasteiger partial charge is 0.323 e. The molecule has 1 amide bonds. The normalized spacial score (nSPS) is 11.5. The van der Waals surface area contributed by atoms with E-state index in [0.717, 1.165) is 28.5 Å². The van der Waals surface area contributed by atoms with Crippen LogP contribution in [0, 0.1) is 13.8 Å². The lowest BCUT2D eigenvalue weighted by Gasteiger charge is -2.15. The first kappa shape index (κ1) is 27.2. The van der Waals surface area contributed by atoms with Crippen molar-refractivity contribution in [1.82, 2.24) is 24.1 Å². The summed E-state index contributed by atoms with van der Waals surface area (Å²) >= 11 is 0. The molecular formula is C28H22F3N7O3. The fourth-order valence-electron chi connectivity index (χ4n) is 4.14. The number of fused-ring (bicyclic) bond motifs is 1. The molecule has 10 nitrogen and oxygen atoms in total. The average Bonchev–Trinajstić information content (AvgIpc) is 2.94. The van der Waals surface area contributed by atoms with Gasteiger partial charge in [-0.15, -0.1) is 0 Å². The summed E-state index contributed by atoms with van der Waals surface area (Å²) in [5, 5.41) is 5.58. The lowest BCUT2D eigenvalue weighted by Crippen LogP contribution is -2.38. The first-order valence-corrected chi connectivity index (χ1v) is 12.2. The SMILES string of the molecule is Cc1ccc(Nc2ncc3c(=O)n(-c4cc(NC(=O)c5cccc(C(F)(F)F)c5)ccc4C)c(=O)n(C)c3n2)cn1. The van der Waals surface area contributed by atoms with Crippen LogP contribution in [0.2, 0.25) is 0 Å². The number of carbonyl (C=O) groups excluding carboxylic acids is 1. The number of carbonyl (C=O) groups is 1. The van der Waals surface area contributed by atoms with Crippen molar-refractivity contribution in [2.45, 2.75) is 20.0 Å². The van der Waals surface area contributed by atoms with E-state index in [0.29, 0.717) is 11.3 Å². The second kappa shape index (κ2) is 10.3. The summed E-state index contributed by atoms with van der Waals surface area (Å²) in [5.74, 6) is -0.632. The van der Waals surface area contributed by atoms with Gasteiger partial charge in [-0.2, -0.15) is 18.2 Å². The Hall–Kier alpha value is -5.33. The number of benzene rings is 2. The van der Waals surface area contributed by atoms with E-state index in [2.05, 4.69) is 25.6 Å². The van der Waals surface area contributed by atoms with Crippen molar-refractivity contribution in [2.24, 2.45) is 7.05 Å². The fourth-order valence-corrected chi connectivity index (χ4v) is 4.14. The van der Waals surface area contributed by atoms with E-state index in [-0.39, 0.29) is 33.9 Å². The predicted octanol–water partition coefficient (Wildman–Crippen LogP) is 4.51. The molecule has 0 saturated carbocycles. The van der Waals surface area contributed by atoms with Crippen LogP contribution in [0.1, 0.15) is 27.2 Å². The van der Waals surface area contributed by atoms with Crippen LogP contribution in [0.25, 0.3) is 16.7 Å². The molecule has 5 rings (SSSR count). The van der Waals surface area contributed by atoms with Crippen LogP contribution in [-0.4, -0.2) is 30.0 Å². The van der Waals surface area contributed by atoms with Crippen molar-refractivity contribution >= 4 is 34.3 Å². The molecule has 13 heteroatoms. The Morgan fingerprint density at radius 3 is 2.39 bits per heavy atom. The molecule has 0 fully saturated rings. The van der Waals surface area contributed by atoms with Crippen LogP contribution >= 0.6 is 0 Å². The summed E-state index contributed by atoms with van der Waals surface area (Å²) in [6, 6.07) is 12.1. The highest BCUT2D eigenvalue weighted by Crippen LogP contribution is 2.30. The van der Waals surface area contributed by atoms with Crippen LogP contribution in [-0.2, 0) is 13.2 Å². The van der Waals surface area contributed by atoms with Gasteiger partial charge < -0.3 is 10.6 Å². The summed E-state index contributed by atoms with van der Waals surface area (Å²) in [6.45, 7) is 3.52. The van der Waals surface area contributed by atoms with Crippen LogP contribution in [0.3, 0.4) is 0 Å². The molecule has 0 atom stereocenters. The summed E-state index contributed by atoms with van der Waals surface area (Å²) in [7, 11) is 1.46. The number of amides is 1. The predicted molar refractivity (Wildman–Crippen MR) is 147 cm³/mol. The van der Waals surface area contributed by atoms with Gasteiger partial charge in [-0.3, -0.25) is 19.1 Å². The van der Waals surface area contributed by atoms with Gasteiger partial charge in [0.1, 0.15) is 5.39 Å². The molecule has 208 valence electrons. The number of pyridine rings is 1. The zero-order valence-electron chi connectivity index (χ0n) is 21.9. The number of anilines is 3. The highest BCUT2D eigenvalue weighted by Gasteiger charge is 2.31. The van der Waals surface area contributed by atoms with Crippen LogP contribution in [0.5, 0.6) is 0 Å². The van der Waals surface area contributed by atoms with Crippen LogP contribution < -0.4 is 21.9 Å². The van der Waals surface area contributed by atoms with E-state index >= 15 is 0 Å². The number of aromatic nitrogens is 5. The number of hydrogen-bond donors (Lipinski definition) is 2. The number of nitrogens with one attached hydrogen (secondary N) is 2. The Labute approximate surface area is 230 Å². The third-order valence-electron chi connectivity index (χ3n) is 6.33. The Morgan fingerprint density at radius 2 is 1.68 bits per heavy atom. The molecule has 3 aromatic heterocycles. The van der Waals surface area contributed by atoms with E-state index in [1.54, 1.807) is 31.3 Å². The maximum absolute atomic E-state index is 13.5. The molecule has 0 unspecified atom stereocenters. The Morgan fingerprint density at radius 1 is 0.927 bits per heavy atom. The molecule has 0 bridgehead atoms. The van der Waals surface area contributed by atoms with E-state index in [1.807, 2.05) is 6.92 Å². The molecule has 0 aliphatic heterocycles. The zero-order chi connectivity index (χ0) is 29.5. The van der Waals surface area contributed by atoms with Gasteiger partial charge in [0.25, 0.3) is 11.5 Å². The molecule has 0 aliphatic rings. The number of aryl methyl sites for hydroxylation is 3. The molecule has 0 spiro atoms. The highest BCUT2D eigenvalue weighted by molar-refractivity contribution is 6.04. The monoisotopic (exact) mass is 561 g/mol. The van der Waals surface area contributed by atoms with E-state index in [4.69, 9.17) is 0 Å². The molecule has 3 heterocycles. The molecule has 0 radical (unpaired) electrons. The first-order chi connectivity index (χ1) is 19.4. The van der Waals surface area contributed by atoms with Crippen molar-refractivity contribution in [3.8, 4) is 5.69 Å². The minimum absolute atomic E-state index is 0.0671. The maximum atomic E-state index is 13.5. The van der Waals surface area contributed by atoms with Gasteiger partial charge >= 0.3 is 11.9 Å². The first-order valence-electron chi connectivity index (χ1n) is 12.2. The van der Waals surface area contributed by atoms with Crippen LogP contribution in [0.4, 0.5) is 30.5 Å². The average molecular weight is 562 g/mol. The number of nitrogens with zero attached hydrogens (tertiary/aromatic N) is 5. The van der Waals surface area contributed by atoms with Gasteiger partial charge in [-0.25, -0.2) is 14.3 Å². The van der Waals surface area contributed by atoms with Crippen molar-refractivity contribution in [3.63, 3.8) is 0 Å². The van der Waals surface area contributed by atoms with Crippen LogP contribution in [0.15, 0.2) is 76.6 Å². The molecule has 5 aromatic rings. The third-order valence-corrected chi connectivity index (χ3v) is 6.33. The molecule has 2 N–H and O–H groups in total. The van der Waals surface area contributed by atoms with Crippen molar-refractivity contribution < 1.29 is 18.0 Å². The molecule has 2 aromatic carbocycles. The summed E-state index contributed by atoms with van der Waals surface area (Å²) in [6.07, 6.45) is -1.70. The quantitative estimate of drug-likeness (QED) is 0.324. The van der Waals surface area contributed by atoms with E-state index < -0.39 is 28.9 Å². The van der Waals surface area contributed by atoms with Gasteiger partial charge in [-0.1, -0.05) is 12.1 Å². The minimum atomic E-state index is -4.61. The van der Waals surface area contributed by atoms with Crippen molar-refractivity contribution in [2.75, 3.05) is 10.6 Å². The highest BCUT2D eigenvalue weighted by atomic mass is 19.4. The topological polar surface area (TPSA) is 124 Å². The lowest BCUT2D eigenvalue weighted by atomic mass is 10.1. The largest absolute Gasteiger partial charge is 0.416 e. The lowest BCUT2D eigenvalue weighted by molar-refractivity contribution is -0.137. The molecule has 41 heavy (non-hydrogen) atoms. The van der Waals surface area contributed by atoms with Gasteiger partial charge in [0.05, 0.1) is 23.1 Å². The third kappa shape index (κ3) is 5.41. The number of hydrogen-bond acceptors (Lipinski definition) is 7. The summed E-state index contributed by atoms with van der Waals surface area (Å²) in [5.41, 5.74) is -0.130.